The molecule has 10 N–H and O–H groups in total. The molecule has 5 rings (SSSR count). The number of fused-ring (bicyclic) bond motifs is 1. The minimum absolute atomic E-state index is 0.0872. The van der Waals surface area contributed by atoms with Crippen molar-refractivity contribution in [3.8, 4) is 57.3 Å². The lowest BCUT2D eigenvalue weighted by atomic mass is 9.99. The van der Waals surface area contributed by atoms with Crippen LogP contribution >= 0.6 is 0 Å². The molecule has 1 aliphatic rings. The van der Waals surface area contributed by atoms with Crippen LogP contribution < -0.4 is 10.2 Å². The van der Waals surface area contributed by atoms with Gasteiger partial charge in [-0.1, -0.05) is 0 Å². The van der Waals surface area contributed by atoms with E-state index in [2.05, 4.69) is 0 Å². The summed E-state index contributed by atoms with van der Waals surface area (Å²) < 4.78 is 22.3. The number of aromatic hydroxyl groups is 7. The minimum atomic E-state index is -2.03. The fourth-order valence-electron chi connectivity index (χ4n) is 4.54. The van der Waals surface area contributed by atoms with Crippen LogP contribution in [0.25, 0.3) is 22.3 Å². The van der Waals surface area contributed by atoms with E-state index in [1.54, 1.807) is 0 Å². The Kier molecular flexibility index (Phi) is 7.75. The monoisotopic (exact) mass is 616 g/mol. The largest absolute Gasteiger partial charge is 0.508 e. The molecular weight excluding hydrogens is 592 g/mol. The maximum absolute atomic E-state index is 13.7. The molecule has 0 unspecified atom stereocenters. The van der Waals surface area contributed by atoms with Crippen molar-refractivity contribution < 1.29 is 74.5 Å². The molecule has 4 aromatic rings. The molecule has 1 fully saturated rings. The Hall–Kier alpha value is -5.42. The fraction of sp³-hybridized carbons (Fsp3) is 0.214. The second kappa shape index (κ2) is 11.3. The molecule has 1 aliphatic heterocycles. The number of aliphatic hydroxyl groups excluding tert-OH is 3. The zero-order valence-corrected chi connectivity index (χ0v) is 22.1. The van der Waals surface area contributed by atoms with Gasteiger partial charge in [0.25, 0.3) is 0 Å². The normalized spacial score (nSPS) is 21.7. The maximum Gasteiger partial charge on any atom is 0.339 e. The summed E-state index contributed by atoms with van der Waals surface area (Å²) >= 11 is 0. The minimum Gasteiger partial charge on any atom is -0.508 e. The van der Waals surface area contributed by atoms with E-state index in [0.29, 0.717) is 0 Å². The maximum atomic E-state index is 13.7. The number of carbonyl (C=O) groups is 1. The summed E-state index contributed by atoms with van der Waals surface area (Å²) in [6.07, 6.45) is -9.44. The quantitative estimate of drug-likeness (QED) is 0.104. The van der Waals surface area contributed by atoms with E-state index < -0.39 is 111 Å². The smallest absolute Gasteiger partial charge is 0.339 e. The first-order chi connectivity index (χ1) is 20.8. The lowest BCUT2D eigenvalue weighted by Gasteiger charge is -2.41. The second-order valence-electron chi connectivity index (χ2n) is 9.69. The number of carbonyl (C=O) groups excluding carboxylic acids is 1. The fourth-order valence-corrected chi connectivity index (χ4v) is 4.54. The Morgan fingerprint density at radius 1 is 0.818 bits per heavy atom. The van der Waals surface area contributed by atoms with Crippen LogP contribution in [0.5, 0.6) is 46.0 Å². The van der Waals surface area contributed by atoms with E-state index in [1.807, 2.05) is 0 Å². The molecule has 232 valence electrons. The zero-order valence-electron chi connectivity index (χ0n) is 22.1. The summed E-state index contributed by atoms with van der Waals surface area (Å²) in [5.74, 6) is -7.70. The van der Waals surface area contributed by atoms with Crippen LogP contribution in [0.1, 0.15) is 10.4 Å². The number of hydrogen-bond acceptors (Lipinski definition) is 16. The number of phenols is 7. The van der Waals surface area contributed by atoms with Crippen molar-refractivity contribution >= 4 is 16.9 Å². The average Bonchev–Trinajstić information content (AvgIpc) is 2.97. The molecule has 0 saturated carbocycles. The highest BCUT2D eigenvalue weighted by Gasteiger charge is 2.48. The molecule has 0 bridgehead atoms. The Morgan fingerprint density at radius 2 is 1.50 bits per heavy atom. The van der Waals surface area contributed by atoms with Crippen molar-refractivity contribution in [3.63, 3.8) is 0 Å². The predicted molar refractivity (Wildman–Crippen MR) is 144 cm³/mol. The number of phenolic OH excluding ortho intramolecular Hbond substituents is 7. The number of hydrogen-bond donors (Lipinski definition) is 10. The van der Waals surface area contributed by atoms with Gasteiger partial charge in [-0.25, -0.2) is 4.79 Å². The third-order valence-electron chi connectivity index (χ3n) is 6.76. The molecule has 0 aliphatic carbocycles. The van der Waals surface area contributed by atoms with E-state index in [0.717, 1.165) is 36.4 Å². The van der Waals surface area contributed by atoms with E-state index in [-0.39, 0.29) is 11.1 Å². The van der Waals surface area contributed by atoms with Crippen LogP contribution in [0.3, 0.4) is 0 Å². The van der Waals surface area contributed by atoms with Gasteiger partial charge < -0.3 is 69.7 Å². The van der Waals surface area contributed by atoms with Crippen LogP contribution in [0.4, 0.5) is 0 Å². The summed E-state index contributed by atoms with van der Waals surface area (Å²) in [6.45, 7) is -0.885. The second-order valence-corrected chi connectivity index (χ2v) is 9.69. The highest BCUT2D eigenvalue weighted by atomic mass is 16.7. The first-order valence-corrected chi connectivity index (χ1v) is 12.6. The molecule has 5 atom stereocenters. The van der Waals surface area contributed by atoms with Gasteiger partial charge in [-0.2, -0.15) is 0 Å². The van der Waals surface area contributed by atoms with Gasteiger partial charge in [-0.15, -0.1) is 0 Å². The van der Waals surface area contributed by atoms with Crippen molar-refractivity contribution in [1.29, 1.82) is 0 Å². The summed E-state index contributed by atoms with van der Waals surface area (Å²) in [5, 5.41) is 99.8. The third-order valence-corrected chi connectivity index (χ3v) is 6.76. The molecule has 1 aromatic heterocycles. The number of esters is 1. The van der Waals surface area contributed by atoms with E-state index in [9.17, 15) is 60.7 Å². The van der Waals surface area contributed by atoms with Crippen molar-refractivity contribution in [2.24, 2.45) is 0 Å². The summed E-state index contributed by atoms with van der Waals surface area (Å²) in [6, 6.07) is 6.51. The lowest BCUT2D eigenvalue weighted by Crippen LogP contribution is -2.61. The van der Waals surface area contributed by atoms with E-state index in [1.165, 1.54) is 6.07 Å². The molecule has 3 aromatic carbocycles. The van der Waals surface area contributed by atoms with Crippen LogP contribution in [0.2, 0.25) is 0 Å². The van der Waals surface area contributed by atoms with Crippen LogP contribution in [-0.4, -0.2) is 94.3 Å². The Labute approximate surface area is 244 Å². The molecule has 16 nitrogen and oxygen atoms in total. The molecule has 0 amide bonds. The Balaban J connectivity index is 1.63. The predicted octanol–water partition coefficient (Wildman–Crippen LogP) is 0.443. The van der Waals surface area contributed by atoms with Gasteiger partial charge >= 0.3 is 5.97 Å². The van der Waals surface area contributed by atoms with Crippen molar-refractivity contribution in [2.75, 3.05) is 6.61 Å². The van der Waals surface area contributed by atoms with Gasteiger partial charge in [0.05, 0.1) is 12.2 Å². The number of ether oxygens (including phenoxy) is 3. The SMILES string of the molecule is O=C(O[C@H]1[C@H](Oc2c(-c3ccc(O)c(O)c3)oc3cc(O)cc(O)c3c2=O)O[C@@H](CO)[C@H](O)[C@H]1O)c1cc(O)c(O)c(O)c1. The van der Waals surface area contributed by atoms with Crippen LogP contribution in [-0.2, 0) is 9.47 Å². The molecule has 0 radical (unpaired) electrons. The van der Waals surface area contributed by atoms with Gasteiger partial charge in [0.15, 0.2) is 40.6 Å². The zero-order chi connectivity index (χ0) is 32.0. The van der Waals surface area contributed by atoms with Gasteiger partial charge in [0.1, 0.15) is 40.8 Å². The number of rotatable bonds is 6. The lowest BCUT2D eigenvalue weighted by molar-refractivity contribution is -0.276. The van der Waals surface area contributed by atoms with Gasteiger partial charge in [-0.3, -0.25) is 4.79 Å². The third kappa shape index (κ3) is 5.29. The first-order valence-electron chi connectivity index (χ1n) is 12.6. The standard InChI is InChI=1S/C28H24O16/c29-8-18-21(37)23(39)26(43-27(40)10-4-15(34)20(36)16(35)5-10)28(42-18)44-25-22(38)19-14(33)6-11(30)7-17(19)41-24(25)9-1-2-12(31)13(32)3-9/h1-7,18,21,23,26,28-37,39H,8H2/t18-,21-,23+,26+,28-/m0/s1. The highest BCUT2D eigenvalue weighted by Crippen LogP contribution is 2.40. The van der Waals surface area contributed by atoms with Gasteiger partial charge in [0, 0.05) is 17.7 Å². The first kappa shape index (κ1) is 30.1. The van der Waals surface area contributed by atoms with Gasteiger partial charge in [0.2, 0.25) is 17.5 Å². The molecular formula is C28H24O16. The topological polar surface area (TPSA) is 277 Å². The number of benzene rings is 3. The molecule has 44 heavy (non-hydrogen) atoms. The van der Waals surface area contributed by atoms with E-state index in [4.69, 9.17) is 18.6 Å². The summed E-state index contributed by atoms with van der Waals surface area (Å²) in [4.78, 5) is 26.6. The molecule has 2 heterocycles. The van der Waals surface area contributed by atoms with Crippen LogP contribution in [0, 0.1) is 0 Å². The van der Waals surface area contributed by atoms with Crippen molar-refractivity contribution in [3.05, 3.63) is 58.3 Å². The summed E-state index contributed by atoms with van der Waals surface area (Å²) in [7, 11) is 0. The van der Waals surface area contributed by atoms with E-state index >= 15 is 0 Å². The Morgan fingerprint density at radius 3 is 2.14 bits per heavy atom. The summed E-state index contributed by atoms with van der Waals surface area (Å²) in [5.41, 5.74) is -2.05. The molecule has 16 heteroatoms. The molecule has 1 saturated heterocycles. The highest BCUT2D eigenvalue weighted by molar-refractivity contribution is 5.91. The van der Waals surface area contributed by atoms with Gasteiger partial charge in [-0.05, 0) is 30.3 Å². The van der Waals surface area contributed by atoms with Crippen LogP contribution in [0.15, 0.2) is 51.7 Å². The molecule has 0 spiro atoms. The Bertz CT molecular complexity index is 1790. The van der Waals surface area contributed by atoms with Crippen molar-refractivity contribution in [2.45, 2.75) is 30.7 Å². The van der Waals surface area contributed by atoms with Crippen molar-refractivity contribution in [1.82, 2.24) is 0 Å². The average molecular weight is 616 g/mol. The number of aliphatic hydroxyl groups is 3.